The van der Waals surface area contributed by atoms with E-state index in [1.165, 1.54) is 18.2 Å². The van der Waals surface area contributed by atoms with Gasteiger partial charge < -0.3 is 45.6 Å². The molecule has 8 rings (SSSR count). The second kappa shape index (κ2) is 12.0. The maximum atomic E-state index is 11.3. The van der Waals surface area contributed by atoms with Crippen LogP contribution in [0.5, 0.6) is 51.7 Å². The van der Waals surface area contributed by atoms with Crippen LogP contribution >= 0.6 is 0 Å². The van der Waals surface area contributed by atoms with Crippen molar-refractivity contribution in [3.8, 4) is 51.7 Å². The topological polar surface area (TPSA) is 171 Å². The molecule has 0 aromatic heterocycles. The summed E-state index contributed by atoms with van der Waals surface area (Å²) in [5.74, 6) is -1.66. The number of ether oxygens (including phenoxy) is 1. The van der Waals surface area contributed by atoms with Crippen molar-refractivity contribution in [2.24, 2.45) is 0 Å². The molecule has 8 N–H and O–H groups in total. The maximum Gasteiger partial charge on any atom is 0.135 e. The van der Waals surface area contributed by atoms with E-state index in [2.05, 4.69) is 0 Å². The van der Waals surface area contributed by atoms with Gasteiger partial charge in [0.15, 0.2) is 0 Å². The monoisotopic (exact) mass is 680 g/mol. The van der Waals surface area contributed by atoms with Crippen LogP contribution in [0.4, 0.5) is 0 Å². The highest BCUT2D eigenvalue weighted by Crippen LogP contribution is 2.59. The molecule has 1 aliphatic carbocycles. The predicted octanol–water partition coefficient (Wildman–Crippen LogP) is 8.07. The first kappa shape index (κ1) is 31.5. The number of hydrogen-bond acceptors (Lipinski definition) is 9. The molecule has 1 heterocycles. The molecular weight excluding hydrogens is 648 g/mol. The molecule has 0 fully saturated rings. The van der Waals surface area contributed by atoms with Crippen molar-refractivity contribution >= 4 is 11.6 Å². The van der Waals surface area contributed by atoms with Crippen LogP contribution < -0.4 is 4.74 Å². The highest BCUT2D eigenvalue weighted by molar-refractivity contribution is 5.93. The fraction of sp³-hybridized carbons (Fsp3) is 0.0952. The molecule has 51 heavy (non-hydrogen) atoms. The minimum absolute atomic E-state index is 0.0646. The highest BCUT2D eigenvalue weighted by Gasteiger charge is 2.42. The van der Waals surface area contributed by atoms with Crippen LogP contribution in [0.25, 0.3) is 11.6 Å². The van der Waals surface area contributed by atoms with Crippen LogP contribution in [0.1, 0.15) is 68.4 Å². The van der Waals surface area contributed by atoms with Crippen molar-refractivity contribution in [1.29, 1.82) is 0 Å². The zero-order valence-corrected chi connectivity index (χ0v) is 26.8. The Hall–Kier alpha value is -6.74. The Labute approximate surface area is 292 Å². The first-order valence-electron chi connectivity index (χ1n) is 16.2. The minimum atomic E-state index is -0.580. The van der Waals surface area contributed by atoms with E-state index in [-0.39, 0.29) is 46.0 Å². The number of phenols is 8. The Morgan fingerprint density at radius 2 is 0.961 bits per heavy atom. The van der Waals surface area contributed by atoms with Crippen LogP contribution in [0.3, 0.4) is 0 Å². The van der Waals surface area contributed by atoms with Gasteiger partial charge in [-0.25, -0.2) is 0 Å². The molecule has 0 bridgehead atoms. The molecule has 9 nitrogen and oxygen atoms in total. The smallest absolute Gasteiger partial charge is 0.135 e. The molecule has 0 amide bonds. The van der Waals surface area contributed by atoms with Gasteiger partial charge in [-0.15, -0.1) is 0 Å². The predicted molar refractivity (Wildman–Crippen MR) is 190 cm³/mol. The molecule has 6 aromatic rings. The number of aromatic hydroxyl groups is 8. The van der Waals surface area contributed by atoms with Gasteiger partial charge in [-0.05, 0) is 106 Å². The summed E-state index contributed by atoms with van der Waals surface area (Å²) in [6.45, 7) is 0. The van der Waals surface area contributed by atoms with Crippen LogP contribution in [0.2, 0.25) is 0 Å². The van der Waals surface area contributed by atoms with Gasteiger partial charge in [0, 0.05) is 41.2 Å². The van der Waals surface area contributed by atoms with Gasteiger partial charge >= 0.3 is 0 Å². The number of allylic oxidation sites excluding steroid dienone is 1. The molecule has 0 unspecified atom stereocenters. The summed E-state index contributed by atoms with van der Waals surface area (Å²) in [4.78, 5) is 0. The number of benzene rings is 6. The normalized spacial score (nSPS) is 19.8. The van der Waals surface area contributed by atoms with E-state index in [1.807, 2.05) is 24.3 Å². The molecule has 6 aromatic carbocycles. The SMILES string of the molecule is Oc1ccc([C@H]2c3c(O)cc(O)cc3/C(=C/c3ccc4c(c3)[C@@H](c3cc(O)cc(O)c3)[C@H](c3ccc(O)cc3)O4)[C@@H]2c2cc(O)cc(O)c2)cc1. The Bertz CT molecular complexity index is 2310. The van der Waals surface area contributed by atoms with Crippen LogP contribution in [-0.4, -0.2) is 40.9 Å². The summed E-state index contributed by atoms with van der Waals surface area (Å²) in [5, 5.41) is 84.2. The Morgan fingerprint density at radius 3 is 1.55 bits per heavy atom. The van der Waals surface area contributed by atoms with Crippen molar-refractivity contribution in [3.05, 3.63) is 160 Å². The van der Waals surface area contributed by atoms with Gasteiger partial charge in [-0.3, -0.25) is 0 Å². The second-order valence-electron chi connectivity index (χ2n) is 13.0. The number of phenolic OH excluding ortho intramolecular Hbond substituents is 8. The van der Waals surface area contributed by atoms with Gasteiger partial charge in [0.25, 0.3) is 0 Å². The zero-order chi connectivity index (χ0) is 35.6. The molecule has 254 valence electrons. The first-order valence-corrected chi connectivity index (χ1v) is 16.2. The van der Waals surface area contributed by atoms with E-state index < -0.39 is 23.9 Å². The van der Waals surface area contributed by atoms with E-state index in [0.29, 0.717) is 33.6 Å². The zero-order valence-electron chi connectivity index (χ0n) is 26.8. The summed E-state index contributed by atoms with van der Waals surface area (Å²) in [6, 6.07) is 30.5. The van der Waals surface area contributed by atoms with Crippen molar-refractivity contribution in [2.75, 3.05) is 0 Å². The van der Waals surface area contributed by atoms with E-state index >= 15 is 0 Å². The lowest BCUT2D eigenvalue weighted by atomic mass is 9.79. The molecule has 9 heteroatoms. The highest BCUT2D eigenvalue weighted by atomic mass is 16.5. The summed E-state index contributed by atoms with van der Waals surface area (Å²) in [7, 11) is 0. The van der Waals surface area contributed by atoms with Crippen molar-refractivity contribution in [3.63, 3.8) is 0 Å². The minimum Gasteiger partial charge on any atom is -0.508 e. The molecule has 0 spiro atoms. The van der Waals surface area contributed by atoms with E-state index in [0.717, 1.165) is 22.3 Å². The lowest BCUT2D eigenvalue weighted by Crippen LogP contribution is -2.11. The molecular formula is C42H32O9. The van der Waals surface area contributed by atoms with E-state index in [9.17, 15) is 40.9 Å². The average molecular weight is 681 g/mol. The molecule has 2 aliphatic rings. The van der Waals surface area contributed by atoms with Crippen LogP contribution in [-0.2, 0) is 0 Å². The second-order valence-corrected chi connectivity index (χ2v) is 13.0. The van der Waals surface area contributed by atoms with Crippen molar-refractivity contribution in [1.82, 2.24) is 0 Å². The lowest BCUT2D eigenvalue weighted by molar-refractivity contribution is 0.222. The summed E-state index contributed by atoms with van der Waals surface area (Å²) >= 11 is 0. The van der Waals surface area contributed by atoms with E-state index in [1.54, 1.807) is 78.9 Å². The molecule has 4 atom stereocenters. The Kier molecular flexibility index (Phi) is 7.41. The van der Waals surface area contributed by atoms with Crippen LogP contribution in [0, 0.1) is 0 Å². The van der Waals surface area contributed by atoms with Gasteiger partial charge in [-0.2, -0.15) is 0 Å². The van der Waals surface area contributed by atoms with Crippen molar-refractivity contribution < 1.29 is 45.6 Å². The third kappa shape index (κ3) is 5.64. The van der Waals surface area contributed by atoms with Gasteiger partial charge in [0.05, 0.1) is 5.92 Å². The lowest BCUT2D eigenvalue weighted by Gasteiger charge is -2.24. The average Bonchev–Trinajstić information content (AvgIpc) is 3.60. The largest absolute Gasteiger partial charge is 0.508 e. The van der Waals surface area contributed by atoms with Gasteiger partial charge in [-0.1, -0.05) is 36.4 Å². The number of hydrogen-bond donors (Lipinski definition) is 8. The number of rotatable bonds is 5. The Morgan fingerprint density at radius 1 is 0.431 bits per heavy atom. The third-order valence-corrected chi connectivity index (χ3v) is 9.72. The van der Waals surface area contributed by atoms with Crippen molar-refractivity contribution in [2.45, 2.75) is 23.9 Å². The Balaban J connectivity index is 1.33. The molecule has 0 radical (unpaired) electrons. The summed E-state index contributed by atoms with van der Waals surface area (Å²) in [5.41, 5.74) is 5.94. The fourth-order valence-corrected chi connectivity index (χ4v) is 7.71. The quantitative estimate of drug-likeness (QED) is 0.0897. The molecule has 1 aliphatic heterocycles. The summed E-state index contributed by atoms with van der Waals surface area (Å²) in [6.07, 6.45) is 1.36. The molecule has 0 saturated carbocycles. The van der Waals surface area contributed by atoms with Gasteiger partial charge in [0.2, 0.25) is 0 Å². The fourth-order valence-electron chi connectivity index (χ4n) is 7.71. The maximum absolute atomic E-state index is 11.3. The number of fused-ring (bicyclic) bond motifs is 2. The first-order chi connectivity index (χ1) is 24.5. The molecule has 0 saturated heterocycles. The third-order valence-electron chi connectivity index (χ3n) is 9.72. The summed E-state index contributed by atoms with van der Waals surface area (Å²) < 4.78 is 6.49. The van der Waals surface area contributed by atoms with E-state index in [4.69, 9.17) is 4.74 Å². The van der Waals surface area contributed by atoms with Gasteiger partial charge in [0.1, 0.15) is 57.8 Å². The van der Waals surface area contributed by atoms with Crippen LogP contribution in [0.15, 0.2) is 115 Å². The standard InChI is InChI=1S/C42H32O9/c43-26-6-2-22(3-7-26)40-38(24-13-28(45)17-29(46)14-24)33(34-19-32(49)20-36(50)41(34)40)11-21-1-10-37-35(12-21)39(25-15-30(47)18-31(48)16-25)42(51-37)23-4-8-27(44)9-5-23/h1-20,38-40,42-50H/b33-11-/t38-,39+,40+,42-/m0/s1.